The number of fused-ring (bicyclic) bond motifs is 1. The summed E-state index contributed by atoms with van der Waals surface area (Å²) < 4.78 is 0. The van der Waals surface area contributed by atoms with Gasteiger partial charge in [-0.2, -0.15) is 0 Å². The summed E-state index contributed by atoms with van der Waals surface area (Å²) in [7, 11) is 0. The van der Waals surface area contributed by atoms with Crippen LogP contribution in [0.5, 0.6) is 0 Å². The number of aromatic nitrogens is 1. The molecule has 0 aliphatic heterocycles. The molecular formula is C26H43N3O. The molecule has 0 fully saturated rings. The number of aryl methyl sites for hydroxylation is 1. The summed E-state index contributed by atoms with van der Waals surface area (Å²) in [5.41, 5.74) is 3.86. The fourth-order valence-corrected chi connectivity index (χ4v) is 4.55. The van der Waals surface area contributed by atoms with E-state index in [4.69, 9.17) is 0 Å². The van der Waals surface area contributed by atoms with E-state index in [0.717, 1.165) is 45.3 Å². The molecule has 30 heavy (non-hydrogen) atoms. The van der Waals surface area contributed by atoms with Gasteiger partial charge < -0.3 is 15.2 Å². The molecule has 4 heteroatoms. The highest BCUT2D eigenvalue weighted by atomic mass is 16.1. The summed E-state index contributed by atoms with van der Waals surface area (Å²) in [5, 5.41) is 4.54. The third-order valence-corrected chi connectivity index (χ3v) is 6.26. The van der Waals surface area contributed by atoms with Crippen molar-refractivity contribution in [3.05, 3.63) is 35.5 Å². The number of nitrogens with zero attached hydrogens (tertiary/aromatic N) is 1. The molecule has 0 aliphatic carbocycles. The van der Waals surface area contributed by atoms with Crippen LogP contribution < -0.4 is 5.32 Å². The number of nitrogens with one attached hydrogen (secondary N) is 2. The van der Waals surface area contributed by atoms with Gasteiger partial charge in [0.05, 0.1) is 0 Å². The molecule has 4 nitrogen and oxygen atoms in total. The Labute approximate surface area is 183 Å². The summed E-state index contributed by atoms with van der Waals surface area (Å²) in [4.78, 5) is 18.8. The fraction of sp³-hybridized carbons (Fsp3) is 0.654. The van der Waals surface area contributed by atoms with E-state index in [1.807, 2.05) is 0 Å². The van der Waals surface area contributed by atoms with Crippen LogP contribution in [0.2, 0.25) is 0 Å². The van der Waals surface area contributed by atoms with Crippen molar-refractivity contribution in [2.45, 2.75) is 85.6 Å². The molecule has 1 heterocycles. The van der Waals surface area contributed by atoms with Gasteiger partial charge in [-0.05, 0) is 75.2 Å². The van der Waals surface area contributed by atoms with E-state index in [2.05, 4.69) is 81.1 Å². The van der Waals surface area contributed by atoms with E-state index < -0.39 is 0 Å². The number of aromatic amines is 1. The zero-order chi connectivity index (χ0) is 22.1. The van der Waals surface area contributed by atoms with Crippen LogP contribution in [0.25, 0.3) is 10.9 Å². The minimum Gasteiger partial charge on any atom is -0.361 e. The highest BCUT2D eigenvalue weighted by Crippen LogP contribution is 2.34. The Bertz CT molecular complexity index is 776. The normalized spacial score (nSPS) is 13.9. The Morgan fingerprint density at radius 1 is 1.13 bits per heavy atom. The van der Waals surface area contributed by atoms with Gasteiger partial charge in [-0.3, -0.25) is 4.79 Å². The van der Waals surface area contributed by atoms with E-state index in [1.165, 1.54) is 22.0 Å². The minimum atomic E-state index is 0.178. The topological polar surface area (TPSA) is 48.1 Å². The second-order valence-electron chi connectivity index (χ2n) is 9.11. The number of hydrogen-bond acceptors (Lipinski definition) is 2. The van der Waals surface area contributed by atoms with Crippen molar-refractivity contribution >= 4 is 16.8 Å². The molecule has 2 N–H and O–H groups in total. The van der Waals surface area contributed by atoms with Crippen molar-refractivity contribution in [1.29, 1.82) is 0 Å². The van der Waals surface area contributed by atoms with Crippen LogP contribution in [0.15, 0.2) is 24.4 Å². The quantitative estimate of drug-likeness (QED) is 0.431. The molecule has 1 aromatic carbocycles. The molecule has 1 aromatic heterocycles. The lowest BCUT2D eigenvalue weighted by atomic mass is 9.87. The fourth-order valence-electron chi connectivity index (χ4n) is 4.55. The monoisotopic (exact) mass is 413 g/mol. The van der Waals surface area contributed by atoms with Crippen LogP contribution in [0.1, 0.15) is 84.3 Å². The molecule has 0 radical (unpaired) electrons. The van der Waals surface area contributed by atoms with Gasteiger partial charge in [-0.1, -0.05) is 52.8 Å². The van der Waals surface area contributed by atoms with E-state index >= 15 is 0 Å². The zero-order valence-corrected chi connectivity index (χ0v) is 20.1. The lowest BCUT2D eigenvalue weighted by Crippen LogP contribution is -2.34. The number of carbonyl (C=O) groups is 1. The molecule has 168 valence electrons. The summed E-state index contributed by atoms with van der Waals surface area (Å²) in [6.07, 6.45) is 6.88. The highest BCUT2D eigenvalue weighted by Gasteiger charge is 2.22. The Morgan fingerprint density at radius 2 is 1.87 bits per heavy atom. The maximum Gasteiger partial charge on any atom is 0.220 e. The molecule has 0 saturated carbocycles. The Hall–Kier alpha value is -1.81. The number of carbonyl (C=O) groups excluding carboxylic acids is 1. The smallest absolute Gasteiger partial charge is 0.220 e. The first-order chi connectivity index (χ1) is 14.4. The lowest BCUT2D eigenvalue weighted by molar-refractivity contribution is -0.122. The largest absolute Gasteiger partial charge is 0.361 e. The third-order valence-electron chi connectivity index (χ3n) is 6.26. The molecule has 2 rings (SSSR count). The first-order valence-electron chi connectivity index (χ1n) is 12.0. The second kappa shape index (κ2) is 12.1. The Balaban J connectivity index is 2.02. The number of rotatable bonds is 13. The molecule has 0 spiro atoms. The van der Waals surface area contributed by atoms with Gasteiger partial charge in [0.15, 0.2) is 0 Å². The summed E-state index contributed by atoms with van der Waals surface area (Å²) in [6, 6.07) is 6.75. The van der Waals surface area contributed by atoms with Crippen LogP contribution in [-0.2, 0) is 11.2 Å². The van der Waals surface area contributed by atoms with Gasteiger partial charge in [0, 0.05) is 29.6 Å². The molecule has 0 bridgehead atoms. The average Bonchev–Trinajstić information content (AvgIpc) is 3.14. The number of hydrogen-bond donors (Lipinski definition) is 2. The molecule has 0 aliphatic rings. The van der Waals surface area contributed by atoms with Crippen molar-refractivity contribution in [3.8, 4) is 0 Å². The van der Waals surface area contributed by atoms with Crippen molar-refractivity contribution in [3.63, 3.8) is 0 Å². The summed E-state index contributed by atoms with van der Waals surface area (Å²) in [6.45, 7) is 16.5. The first kappa shape index (κ1) is 24.5. The second-order valence-corrected chi connectivity index (χ2v) is 9.11. The standard InChI is InChI=1S/C26H43N3O/c1-7-21-13-10-14-23-24(18-27-26(21)23)22(16-19(4)5)17-25(30)28-20(6)12-11-15-29(8-2)9-3/h10,13-14,18-20,22,27H,7-9,11-12,15-17H2,1-6H3,(H,28,30)/t20-,22-/m0/s1. The van der Waals surface area contributed by atoms with Crippen molar-refractivity contribution in [2.24, 2.45) is 5.92 Å². The van der Waals surface area contributed by atoms with Crippen LogP contribution in [0, 0.1) is 5.92 Å². The zero-order valence-electron chi connectivity index (χ0n) is 20.1. The van der Waals surface area contributed by atoms with E-state index in [-0.39, 0.29) is 17.9 Å². The van der Waals surface area contributed by atoms with Crippen molar-refractivity contribution < 1.29 is 4.79 Å². The predicted molar refractivity (Wildman–Crippen MR) is 129 cm³/mol. The highest BCUT2D eigenvalue weighted by molar-refractivity contribution is 5.87. The molecule has 0 unspecified atom stereocenters. The summed E-state index contributed by atoms with van der Waals surface area (Å²) >= 11 is 0. The van der Waals surface area contributed by atoms with Gasteiger partial charge in [0.1, 0.15) is 0 Å². The molecule has 0 saturated heterocycles. The van der Waals surface area contributed by atoms with Gasteiger partial charge >= 0.3 is 0 Å². The van der Waals surface area contributed by atoms with Gasteiger partial charge in [-0.15, -0.1) is 0 Å². The summed E-state index contributed by atoms with van der Waals surface area (Å²) in [5.74, 6) is 0.972. The molecule has 2 aromatic rings. The Morgan fingerprint density at radius 3 is 2.50 bits per heavy atom. The average molecular weight is 414 g/mol. The van der Waals surface area contributed by atoms with Gasteiger partial charge in [0.25, 0.3) is 0 Å². The van der Waals surface area contributed by atoms with E-state index in [9.17, 15) is 4.79 Å². The third kappa shape index (κ3) is 6.87. The molecule has 1 amide bonds. The van der Waals surface area contributed by atoms with Crippen molar-refractivity contribution in [1.82, 2.24) is 15.2 Å². The number of amides is 1. The molecular weight excluding hydrogens is 370 g/mol. The van der Waals surface area contributed by atoms with Gasteiger partial charge in [-0.25, -0.2) is 0 Å². The minimum absolute atomic E-state index is 0.178. The molecule has 2 atom stereocenters. The lowest BCUT2D eigenvalue weighted by Gasteiger charge is -2.22. The van der Waals surface area contributed by atoms with E-state index in [0.29, 0.717) is 12.3 Å². The van der Waals surface area contributed by atoms with Gasteiger partial charge in [0.2, 0.25) is 5.91 Å². The number of para-hydroxylation sites is 1. The van der Waals surface area contributed by atoms with Crippen LogP contribution in [-0.4, -0.2) is 41.5 Å². The first-order valence-corrected chi connectivity index (χ1v) is 12.0. The van der Waals surface area contributed by atoms with Crippen molar-refractivity contribution in [2.75, 3.05) is 19.6 Å². The number of H-pyrrole nitrogens is 1. The van der Waals surface area contributed by atoms with Crippen LogP contribution in [0.3, 0.4) is 0 Å². The van der Waals surface area contributed by atoms with E-state index in [1.54, 1.807) is 0 Å². The predicted octanol–water partition coefficient (Wildman–Crippen LogP) is 5.88. The maximum absolute atomic E-state index is 12.9. The van der Waals surface area contributed by atoms with Crippen LogP contribution in [0.4, 0.5) is 0 Å². The number of benzene rings is 1. The SMILES string of the molecule is CCc1cccc2c([C@H](CC(=O)N[C@@H](C)CCCN(CC)CC)CC(C)C)c[nH]c12. The Kier molecular flexibility index (Phi) is 9.90. The maximum atomic E-state index is 12.9. The van der Waals surface area contributed by atoms with Crippen LogP contribution >= 0.6 is 0 Å².